The van der Waals surface area contributed by atoms with E-state index in [1.54, 1.807) is 26.3 Å². The molecule has 0 atom stereocenters. The van der Waals surface area contributed by atoms with E-state index < -0.39 is 0 Å². The third-order valence-electron chi connectivity index (χ3n) is 2.89. The van der Waals surface area contributed by atoms with Crippen LogP contribution in [0, 0.1) is 17.8 Å². The molecule has 0 aliphatic carbocycles. The number of carbonyl (C=O) groups is 1. The highest BCUT2D eigenvalue weighted by atomic mass is 16.1. The number of piperidine rings is 1. The molecule has 0 unspecified atom stereocenters. The van der Waals surface area contributed by atoms with Gasteiger partial charge in [0, 0.05) is 31.4 Å². The predicted octanol–water partition coefficient (Wildman–Crippen LogP) is 0.293. The Hall–Kier alpha value is -1.83. The van der Waals surface area contributed by atoms with Crippen LogP contribution in [0.15, 0.2) is 18.5 Å². The third-order valence-corrected chi connectivity index (χ3v) is 2.89. The molecule has 86 valence electrons. The van der Waals surface area contributed by atoms with Gasteiger partial charge in [-0.2, -0.15) is 0 Å². The van der Waals surface area contributed by atoms with E-state index in [0.717, 1.165) is 25.9 Å². The van der Waals surface area contributed by atoms with Gasteiger partial charge in [0.1, 0.15) is 0 Å². The van der Waals surface area contributed by atoms with Crippen molar-refractivity contribution in [2.45, 2.75) is 12.8 Å². The highest BCUT2D eigenvalue weighted by Crippen LogP contribution is 2.16. The number of likely N-dealkylation sites (tertiary alicyclic amines) is 1. The van der Waals surface area contributed by atoms with Crippen LogP contribution in [-0.2, 0) is 0 Å². The van der Waals surface area contributed by atoms with E-state index in [2.05, 4.69) is 21.8 Å². The third kappa shape index (κ3) is 3.32. The summed E-state index contributed by atoms with van der Waals surface area (Å²) in [7, 11) is 1.61. The van der Waals surface area contributed by atoms with Gasteiger partial charge < -0.3 is 4.90 Å². The van der Waals surface area contributed by atoms with Crippen molar-refractivity contribution in [3.05, 3.63) is 24.3 Å². The van der Waals surface area contributed by atoms with Gasteiger partial charge in [-0.05, 0) is 24.8 Å². The van der Waals surface area contributed by atoms with Crippen LogP contribution < -0.4 is 0 Å². The number of carbonyl (C=O) groups excluding carboxylic acids is 1. The second-order valence-electron chi connectivity index (χ2n) is 4.12. The predicted molar refractivity (Wildman–Crippen MR) is 67.1 cm³/mol. The zero-order valence-electron chi connectivity index (χ0n) is 9.89. The Labute approximate surface area is 102 Å². The zero-order valence-corrected chi connectivity index (χ0v) is 9.89. The van der Waals surface area contributed by atoms with Crippen molar-refractivity contribution >= 4 is 13.7 Å². The van der Waals surface area contributed by atoms with Crippen LogP contribution in [0.1, 0.15) is 18.7 Å². The maximum absolute atomic E-state index is 11.2. The molecule has 0 radical (unpaired) electrons. The first kappa shape index (κ1) is 11.7. The van der Waals surface area contributed by atoms with Crippen molar-refractivity contribution < 1.29 is 4.79 Å². The molecule has 0 spiro atoms. The topological polar surface area (TPSA) is 46.1 Å². The number of aromatic nitrogens is 2. The molecule has 4 nitrogen and oxygen atoms in total. The van der Waals surface area contributed by atoms with Crippen molar-refractivity contribution in [3.8, 4) is 11.8 Å². The smallest absolute Gasteiger partial charge is 0.215 e. The fourth-order valence-corrected chi connectivity index (χ4v) is 1.87. The highest BCUT2D eigenvalue weighted by Gasteiger charge is 2.18. The molecule has 0 N–H and O–H groups in total. The number of amides is 1. The van der Waals surface area contributed by atoms with Gasteiger partial charge in [-0.1, -0.05) is 5.92 Å². The minimum absolute atomic E-state index is 0.155. The number of hydrogen-bond acceptors (Lipinski definition) is 3. The molecule has 1 aromatic heterocycles. The second-order valence-corrected chi connectivity index (χ2v) is 4.12. The first-order valence-corrected chi connectivity index (χ1v) is 5.80. The molecule has 1 saturated heterocycles. The van der Waals surface area contributed by atoms with E-state index in [4.69, 9.17) is 0 Å². The molecule has 0 aromatic carbocycles. The van der Waals surface area contributed by atoms with Crippen molar-refractivity contribution in [3.63, 3.8) is 0 Å². The second kappa shape index (κ2) is 5.49. The monoisotopic (exact) mass is 227 g/mol. The first-order valence-electron chi connectivity index (χ1n) is 5.80. The van der Waals surface area contributed by atoms with Crippen LogP contribution >= 0.6 is 0 Å². The lowest BCUT2D eigenvalue weighted by Gasteiger charge is -2.29. The van der Waals surface area contributed by atoms with E-state index in [1.807, 2.05) is 4.90 Å². The van der Waals surface area contributed by atoms with Crippen molar-refractivity contribution in [1.82, 2.24) is 14.9 Å². The lowest BCUT2D eigenvalue weighted by molar-refractivity contribution is 0.202. The standard InChI is InChI=1S/C12H14BN3O/c13-12(17)16-8-4-10(5-9-16)2-3-11-14-6-1-7-15-11/h1,6-7,10H,4-5,8-9,13H2. The van der Waals surface area contributed by atoms with Gasteiger partial charge in [-0.15, -0.1) is 0 Å². The maximum Gasteiger partial charge on any atom is 0.215 e. The fraction of sp³-hybridized carbons (Fsp3) is 0.417. The Kier molecular flexibility index (Phi) is 3.76. The van der Waals surface area contributed by atoms with Crippen LogP contribution in [0.3, 0.4) is 0 Å². The summed E-state index contributed by atoms with van der Waals surface area (Å²) in [6.07, 6.45) is 5.27. The minimum Gasteiger partial charge on any atom is -0.352 e. The van der Waals surface area contributed by atoms with Gasteiger partial charge in [0.05, 0.1) is 0 Å². The molecule has 2 heterocycles. The van der Waals surface area contributed by atoms with E-state index >= 15 is 0 Å². The summed E-state index contributed by atoms with van der Waals surface area (Å²) in [6, 6.07) is 1.77. The molecule has 1 amide bonds. The molecule has 0 bridgehead atoms. The van der Waals surface area contributed by atoms with Gasteiger partial charge in [0.15, 0.2) is 5.81 Å². The maximum atomic E-state index is 11.2. The quantitative estimate of drug-likeness (QED) is 0.472. The largest absolute Gasteiger partial charge is 0.352 e. The fourth-order valence-electron chi connectivity index (χ4n) is 1.87. The van der Waals surface area contributed by atoms with Gasteiger partial charge in [0.25, 0.3) is 0 Å². The Morgan fingerprint density at radius 1 is 1.35 bits per heavy atom. The SMILES string of the molecule is BC(=O)N1CCC(C#Cc2ncccn2)CC1. The van der Waals surface area contributed by atoms with Crippen LogP contribution in [-0.4, -0.2) is 41.6 Å². The van der Waals surface area contributed by atoms with Gasteiger partial charge in [-0.3, -0.25) is 4.79 Å². The summed E-state index contributed by atoms with van der Waals surface area (Å²) in [5.41, 5.74) is 0. The molecule has 0 saturated carbocycles. The van der Waals surface area contributed by atoms with Gasteiger partial charge >= 0.3 is 0 Å². The minimum atomic E-state index is 0.155. The van der Waals surface area contributed by atoms with Crippen LogP contribution in [0.2, 0.25) is 0 Å². The molecule has 1 aliphatic rings. The molecule has 2 rings (SSSR count). The molecule has 17 heavy (non-hydrogen) atoms. The first-order chi connectivity index (χ1) is 8.25. The zero-order chi connectivity index (χ0) is 12.1. The molecule has 1 aromatic rings. The normalized spacial score (nSPS) is 16.1. The van der Waals surface area contributed by atoms with Crippen LogP contribution in [0.4, 0.5) is 4.79 Å². The molecule has 1 aliphatic heterocycles. The summed E-state index contributed by atoms with van der Waals surface area (Å²) < 4.78 is 0. The van der Waals surface area contributed by atoms with E-state index in [-0.39, 0.29) is 5.81 Å². The average molecular weight is 227 g/mol. The van der Waals surface area contributed by atoms with E-state index in [0.29, 0.717) is 11.7 Å². The Bertz CT molecular complexity index is 444. The lowest BCUT2D eigenvalue weighted by Crippen LogP contribution is -2.37. The van der Waals surface area contributed by atoms with Gasteiger partial charge in [0.2, 0.25) is 13.7 Å². The van der Waals surface area contributed by atoms with Gasteiger partial charge in [-0.25, -0.2) is 9.97 Å². The number of hydrogen-bond donors (Lipinski definition) is 0. The molecule has 1 fully saturated rings. The number of rotatable bonds is 0. The summed E-state index contributed by atoms with van der Waals surface area (Å²) >= 11 is 0. The molecule has 5 heteroatoms. The Morgan fingerprint density at radius 3 is 2.59 bits per heavy atom. The number of nitrogens with zero attached hydrogens (tertiary/aromatic N) is 3. The molecular weight excluding hydrogens is 213 g/mol. The van der Waals surface area contributed by atoms with Crippen LogP contribution in [0.5, 0.6) is 0 Å². The summed E-state index contributed by atoms with van der Waals surface area (Å²) in [5, 5.41) is 0. The van der Waals surface area contributed by atoms with Crippen LogP contribution in [0.25, 0.3) is 0 Å². The van der Waals surface area contributed by atoms with Crippen molar-refractivity contribution in [2.75, 3.05) is 13.1 Å². The van der Waals surface area contributed by atoms with E-state index in [1.165, 1.54) is 0 Å². The summed E-state index contributed by atoms with van der Waals surface area (Å²) in [5.74, 6) is 7.25. The lowest BCUT2D eigenvalue weighted by atomic mass is 9.95. The molecular formula is C12H14BN3O. The Balaban J connectivity index is 1.91. The van der Waals surface area contributed by atoms with Crippen molar-refractivity contribution in [1.29, 1.82) is 0 Å². The highest BCUT2D eigenvalue weighted by molar-refractivity contribution is 6.56. The average Bonchev–Trinajstić information content (AvgIpc) is 2.38. The summed E-state index contributed by atoms with van der Waals surface area (Å²) in [4.78, 5) is 21.1. The van der Waals surface area contributed by atoms with Crippen molar-refractivity contribution in [2.24, 2.45) is 5.92 Å². The summed E-state index contributed by atoms with van der Waals surface area (Å²) in [6.45, 7) is 1.62. The Morgan fingerprint density at radius 2 is 2.00 bits per heavy atom. The van der Waals surface area contributed by atoms with E-state index in [9.17, 15) is 4.79 Å².